The zero-order valence-corrected chi connectivity index (χ0v) is 19.1. The molecule has 0 aromatic heterocycles. The Hall–Kier alpha value is -2.00. The van der Waals surface area contributed by atoms with Crippen molar-refractivity contribution in [3.05, 3.63) is 59.7 Å². The Morgan fingerprint density at radius 2 is 1.83 bits per heavy atom. The molecule has 1 atom stereocenters. The molecule has 1 heterocycles. The van der Waals surface area contributed by atoms with Crippen LogP contribution < -0.4 is 20.1 Å². The van der Waals surface area contributed by atoms with Crippen LogP contribution in [0.3, 0.4) is 0 Å². The summed E-state index contributed by atoms with van der Waals surface area (Å²) in [7, 11) is 0. The van der Waals surface area contributed by atoms with Crippen LogP contribution in [0.2, 0.25) is 0 Å². The van der Waals surface area contributed by atoms with Crippen LogP contribution in [-0.2, 0) is 6.54 Å². The number of aliphatic hydroxyl groups is 1. The number of rotatable bonds is 7. The first kappa shape index (κ1) is 23.3. The Kier molecular flexibility index (Phi) is 10.1. The molecule has 0 fully saturated rings. The van der Waals surface area contributed by atoms with Gasteiger partial charge in [0.05, 0.1) is 26.4 Å². The van der Waals surface area contributed by atoms with Gasteiger partial charge in [0.1, 0.15) is 0 Å². The highest BCUT2D eigenvalue weighted by Gasteiger charge is 2.12. The molecule has 0 bridgehead atoms. The summed E-state index contributed by atoms with van der Waals surface area (Å²) in [6.07, 6.45) is 0.893. The lowest BCUT2D eigenvalue weighted by molar-refractivity contribution is 0.265. The molecule has 1 aliphatic rings. The minimum Gasteiger partial charge on any atom is -0.490 e. The summed E-state index contributed by atoms with van der Waals surface area (Å²) in [4.78, 5) is 4.67. The molecule has 0 amide bonds. The van der Waals surface area contributed by atoms with Crippen molar-refractivity contribution in [3.8, 4) is 11.5 Å². The second kappa shape index (κ2) is 12.5. The molecule has 0 radical (unpaired) electrons. The summed E-state index contributed by atoms with van der Waals surface area (Å²) in [5.41, 5.74) is 2.17. The highest BCUT2D eigenvalue weighted by Crippen LogP contribution is 2.30. The monoisotopic (exact) mass is 511 g/mol. The minimum atomic E-state index is 0. The Morgan fingerprint density at radius 1 is 1.07 bits per heavy atom. The molecule has 0 saturated heterocycles. The van der Waals surface area contributed by atoms with E-state index in [-0.39, 0.29) is 36.5 Å². The summed E-state index contributed by atoms with van der Waals surface area (Å²) in [6, 6.07) is 16.0. The molecule has 158 valence electrons. The number of aliphatic imine (C=N–C) groups is 1. The quantitative estimate of drug-likeness (QED) is 0.302. The first-order chi connectivity index (χ1) is 13.8. The lowest BCUT2D eigenvalue weighted by Crippen LogP contribution is -2.39. The van der Waals surface area contributed by atoms with Crippen molar-refractivity contribution in [3.63, 3.8) is 0 Å². The first-order valence-electron chi connectivity index (χ1n) is 9.86. The van der Waals surface area contributed by atoms with Gasteiger partial charge in [-0.15, -0.1) is 24.0 Å². The molecule has 7 heteroatoms. The Labute approximate surface area is 189 Å². The Balaban J connectivity index is 0.00000300. The fourth-order valence-corrected chi connectivity index (χ4v) is 3.05. The van der Waals surface area contributed by atoms with Gasteiger partial charge in [0.2, 0.25) is 0 Å². The molecular weight excluding hydrogens is 481 g/mol. The molecule has 2 aromatic rings. The smallest absolute Gasteiger partial charge is 0.191 e. The molecule has 0 spiro atoms. The maximum atomic E-state index is 9.74. The topological polar surface area (TPSA) is 75.1 Å². The predicted molar refractivity (Wildman–Crippen MR) is 127 cm³/mol. The highest BCUT2D eigenvalue weighted by molar-refractivity contribution is 14.0. The number of nitrogens with zero attached hydrogens (tertiary/aromatic N) is 1. The van der Waals surface area contributed by atoms with E-state index >= 15 is 0 Å². The van der Waals surface area contributed by atoms with E-state index in [4.69, 9.17) is 9.47 Å². The number of hydrogen-bond donors (Lipinski definition) is 3. The minimum absolute atomic E-state index is 0. The number of fused-ring (bicyclic) bond motifs is 1. The second-order valence-electron chi connectivity index (χ2n) is 6.70. The van der Waals surface area contributed by atoms with Crippen molar-refractivity contribution in [1.29, 1.82) is 0 Å². The number of benzene rings is 2. The molecule has 1 unspecified atom stereocenters. The van der Waals surface area contributed by atoms with Crippen LogP contribution >= 0.6 is 24.0 Å². The van der Waals surface area contributed by atoms with E-state index in [1.165, 1.54) is 0 Å². The average Bonchev–Trinajstić information content (AvgIpc) is 2.98. The zero-order valence-electron chi connectivity index (χ0n) is 16.8. The zero-order chi connectivity index (χ0) is 19.6. The molecule has 3 rings (SSSR count). The SMILES string of the molecule is CCNC(=NCc1ccc2c(c1)OCCCO2)NCC(CO)c1ccccc1.I. The van der Waals surface area contributed by atoms with Crippen molar-refractivity contribution in [2.24, 2.45) is 4.99 Å². The number of hydrogen-bond acceptors (Lipinski definition) is 4. The molecule has 3 N–H and O–H groups in total. The third-order valence-corrected chi connectivity index (χ3v) is 4.58. The van der Waals surface area contributed by atoms with Gasteiger partial charge in [-0.3, -0.25) is 0 Å². The molecule has 1 aliphatic heterocycles. The molecular formula is C22H30IN3O3. The van der Waals surface area contributed by atoms with E-state index in [1.54, 1.807) is 0 Å². The van der Waals surface area contributed by atoms with E-state index in [1.807, 2.05) is 55.5 Å². The van der Waals surface area contributed by atoms with Gasteiger partial charge in [0.15, 0.2) is 17.5 Å². The second-order valence-corrected chi connectivity index (χ2v) is 6.70. The molecule has 0 saturated carbocycles. The van der Waals surface area contributed by atoms with Gasteiger partial charge < -0.3 is 25.2 Å². The van der Waals surface area contributed by atoms with Gasteiger partial charge in [0.25, 0.3) is 0 Å². The maximum absolute atomic E-state index is 9.74. The van der Waals surface area contributed by atoms with Gasteiger partial charge >= 0.3 is 0 Å². The van der Waals surface area contributed by atoms with Gasteiger partial charge in [-0.05, 0) is 30.2 Å². The molecule has 6 nitrogen and oxygen atoms in total. The lowest BCUT2D eigenvalue weighted by Gasteiger charge is -2.18. The summed E-state index contributed by atoms with van der Waals surface area (Å²) in [5, 5.41) is 16.3. The number of nitrogens with one attached hydrogen (secondary N) is 2. The van der Waals surface area contributed by atoms with Gasteiger partial charge in [-0.1, -0.05) is 36.4 Å². The lowest BCUT2D eigenvalue weighted by atomic mass is 10.0. The average molecular weight is 511 g/mol. The Morgan fingerprint density at radius 3 is 2.55 bits per heavy atom. The van der Waals surface area contributed by atoms with Crippen molar-refractivity contribution < 1.29 is 14.6 Å². The predicted octanol–water partition coefficient (Wildman–Crippen LogP) is 3.30. The summed E-state index contributed by atoms with van der Waals surface area (Å²) in [6.45, 7) is 5.37. The van der Waals surface area contributed by atoms with Gasteiger partial charge in [-0.2, -0.15) is 0 Å². The van der Waals surface area contributed by atoms with Crippen molar-refractivity contribution in [2.45, 2.75) is 25.8 Å². The van der Waals surface area contributed by atoms with Gasteiger partial charge in [-0.25, -0.2) is 4.99 Å². The van der Waals surface area contributed by atoms with Crippen LogP contribution in [0.4, 0.5) is 0 Å². The third-order valence-electron chi connectivity index (χ3n) is 4.58. The van der Waals surface area contributed by atoms with Crippen LogP contribution in [0.1, 0.15) is 30.4 Å². The fraction of sp³-hybridized carbons (Fsp3) is 0.409. The van der Waals surface area contributed by atoms with Gasteiger partial charge in [0, 0.05) is 25.4 Å². The maximum Gasteiger partial charge on any atom is 0.191 e. The largest absolute Gasteiger partial charge is 0.490 e. The van der Waals surface area contributed by atoms with E-state index in [0.717, 1.165) is 41.6 Å². The number of guanidine groups is 1. The van der Waals surface area contributed by atoms with Crippen LogP contribution in [0.25, 0.3) is 0 Å². The number of halogens is 1. The Bertz CT molecular complexity index is 771. The molecule has 0 aliphatic carbocycles. The summed E-state index contributed by atoms with van der Waals surface area (Å²) >= 11 is 0. The van der Waals surface area contributed by atoms with E-state index in [0.29, 0.717) is 26.3 Å². The van der Waals surface area contributed by atoms with E-state index in [9.17, 15) is 5.11 Å². The number of ether oxygens (including phenoxy) is 2. The third kappa shape index (κ3) is 7.08. The van der Waals surface area contributed by atoms with Crippen LogP contribution in [0, 0.1) is 0 Å². The fourth-order valence-electron chi connectivity index (χ4n) is 3.05. The molecule has 2 aromatic carbocycles. The van der Waals surface area contributed by atoms with Crippen LogP contribution in [-0.4, -0.2) is 44.0 Å². The van der Waals surface area contributed by atoms with E-state index < -0.39 is 0 Å². The number of aliphatic hydroxyl groups excluding tert-OH is 1. The van der Waals surface area contributed by atoms with Crippen molar-refractivity contribution in [2.75, 3.05) is 32.9 Å². The standard InChI is InChI=1S/C22H29N3O3.HI/c1-2-23-22(25-15-19(16-26)18-7-4-3-5-8-18)24-14-17-9-10-20-21(13-17)28-12-6-11-27-20;/h3-5,7-10,13,19,26H,2,6,11-12,14-16H2,1H3,(H2,23,24,25);1H. The first-order valence-corrected chi connectivity index (χ1v) is 9.86. The molecule has 29 heavy (non-hydrogen) atoms. The summed E-state index contributed by atoms with van der Waals surface area (Å²) in [5.74, 6) is 2.32. The van der Waals surface area contributed by atoms with Crippen LogP contribution in [0.5, 0.6) is 11.5 Å². The normalized spacial score (nSPS) is 14.3. The van der Waals surface area contributed by atoms with E-state index in [2.05, 4.69) is 15.6 Å². The van der Waals surface area contributed by atoms with Crippen molar-refractivity contribution >= 4 is 29.9 Å². The van der Waals surface area contributed by atoms with Crippen molar-refractivity contribution in [1.82, 2.24) is 10.6 Å². The summed E-state index contributed by atoms with van der Waals surface area (Å²) < 4.78 is 11.4. The van der Waals surface area contributed by atoms with Crippen LogP contribution in [0.15, 0.2) is 53.5 Å². The highest BCUT2D eigenvalue weighted by atomic mass is 127.